The van der Waals surface area contributed by atoms with Gasteiger partial charge in [-0.15, -0.1) is 0 Å². The zero-order valence-corrected chi connectivity index (χ0v) is 12.5. The summed E-state index contributed by atoms with van der Waals surface area (Å²) in [5, 5.41) is 0. The van der Waals surface area contributed by atoms with E-state index < -0.39 is 0 Å². The van der Waals surface area contributed by atoms with E-state index in [9.17, 15) is 4.79 Å². The topological polar surface area (TPSA) is 52.3 Å². The SMILES string of the molecule is CC(C)Oc1ccccc1C(=O)CC(N)c1ccccc1. The van der Waals surface area contributed by atoms with Gasteiger partial charge in [0.1, 0.15) is 5.75 Å². The van der Waals surface area contributed by atoms with Gasteiger partial charge in [-0.2, -0.15) is 0 Å². The van der Waals surface area contributed by atoms with Crippen molar-refractivity contribution in [3.05, 3.63) is 65.7 Å². The van der Waals surface area contributed by atoms with Crippen LogP contribution < -0.4 is 10.5 Å². The standard InChI is InChI=1S/C18H21NO2/c1-13(2)21-18-11-7-6-10-15(18)17(20)12-16(19)14-8-4-3-5-9-14/h3-11,13,16H,12,19H2,1-2H3. The third kappa shape index (κ3) is 4.17. The Morgan fingerprint density at radius 2 is 1.67 bits per heavy atom. The minimum Gasteiger partial charge on any atom is -0.490 e. The van der Waals surface area contributed by atoms with Crippen LogP contribution in [0.3, 0.4) is 0 Å². The molecule has 0 aliphatic rings. The molecule has 0 radical (unpaired) electrons. The van der Waals surface area contributed by atoms with E-state index in [2.05, 4.69) is 0 Å². The second-order valence-corrected chi connectivity index (χ2v) is 5.31. The van der Waals surface area contributed by atoms with Crippen LogP contribution in [0.4, 0.5) is 0 Å². The highest BCUT2D eigenvalue weighted by Crippen LogP contribution is 2.24. The average molecular weight is 283 g/mol. The summed E-state index contributed by atoms with van der Waals surface area (Å²) < 4.78 is 5.69. The van der Waals surface area contributed by atoms with Crippen LogP contribution in [0, 0.1) is 0 Å². The number of para-hydroxylation sites is 1. The summed E-state index contributed by atoms with van der Waals surface area (Å²) in [4.78, 5) is 12.5. The molecule has 3 nitrogen and oxygen atoms in total. The fourth-order valence-corrected chi connectivity index (χ4v) is 2.18. The van der Waals surface area contributed by atoms with Crippen molar-refractivity contribution in [1.29, 1.82) is 0 Å². The van der Waals surface area contributed by atoms with Crippen LogP contribution in [0.25, 0.3) is 0 Å². The maximum atomic E-state index is 12.5. The molecule has 0 aromatic heterocycles. The van der Waals surface area contributed by atoms with E-state index in [1.54, 1.807) is 6.07 Å². The Morgan fingerprint density at radius 1 is 1.05 bits per heavy atom. The van der Waals surface area contributed by atoms with E-state index in [-0.39, 0.29) is 24.3 Å². The maximum Gasteiger partial charge on any atom is 0.168 e. The Hall–Kier alpha value is -2.13. The van der Waals surface area contributed by atoms with Gasteiger partial charge in [0, 0.05) is 12.5 Å². The van der Waals surface area contributed by atoms with Crippen molar-refractivity contribution in [2.24, 2.45) is 5.73 Å². The summed E-state index contributed by atoms with van der Waals surface area (Å²) in [5.41, 5.74) is 7.68. The van der Waals surface area contributed by atoms with E-state index >= 15 is 0 Å². The highest BCUT2D eigenvalue weighted by atomic mass is 16.5. The van der Waals surface area contributed by atoms with Crippen LogP contribution in [-0.4, -0.2) is 11.9 Å². The maximum absolute atomic E-state index is 12.5. The van der Waals surface area contributed by atoms with Gasteiger partial charge < -0.3 is 10.5 Å². The third-order valence-electron chi connectivity index (χ3n) is 3.18. The Balaban J connectivity index is 2.14. The summed E-state index contributed by atoms with van der Waals surface area (Å²) in [6.07, 6.45) is 0.296. The third-order valence-corrected chi connectivity index (χ3v) is 3.18. The van der Waals surface area contributed by atoms with E-state index in [0.717, 1.165) is 5.56 Å². The molecule has 3 heteroatoms. The van der Waals surface area contributed by atoms with Crippen LogP contribution >= 0.6 is 0 Å². The highest BCUT2D eigenvalue weighted by Gasteiger charge is 2.17. The Labute approximate surface area is 125 Å². The summed E-state index contributed by atoms with van der Waals surface area (Å²) >= 11 is 0. The number of nitrogens with two attached hydrogens (primary N) is 1. The number of carbonyl (C=O) groups is 1. The van der Waals surface area contributed by atoms with Gasteiger partial charge in [0.05, 0.1) is 11.7 Å². The van der Waals surface area contributed by atoms with Crippen molar-refractivity contribution in [3.8, 4) is 5.75 Å². The van der Waals surface area contributed by atoms with Gasteiger partial charge in [-0.3, -0.25) is 4.79 Å². The van der Waals surface area contributed by atoms with Crippen molar-refractivity contribution < 1.29 is 9.53 Å². The Kier molecular flexibility index (Phi) is 5.12. The first kappa shape index (κ1) is 15.3. The molecular formula is C18H21NO2. The lowest BCUT2D eigenvalue weighted by atomic mass is 9.98. The molecule has 2 aromatic rings. The fraction of sp³-hybridized carbons (Fsp3) is 0.278. The lowest BCUT2D eigenvalue weighted by molar-refractivity contribution is 0.0968. The summed E-state index contributed by atoms with van der Waals surface area (Å²) in [5.74, 6) is 0.625. The molecule has 21 heavy (non-hydrogen) atoms. The van der Waals surface area contributed by atoms with Gasteiger partial charge in [0.15, 0.2) is 5.78 Å². The molecule has 0 heterocycles. The fourth-order valence-electron chi connectivity index (χ4n) is 2.18. The first-order chi connectivity index (χ1) is 10.1. The number of hydrogen-bond donors (Lipinski definition) is 1. The smallest absolute Gasteiger partial charge is 0.168 e. The molecule has 1 atom stereocenters. The molecule has 110 valence electrons. The first-order valence-corrected chi connectivity index (χ1v) is 7.17. The Morgan fingerprint density at radius 3 is 2.33 bits per heavy atom. The molecule has 0 fully saturated rings. The normalized spacial score (nSPS) is 12.2. The molecule has 2 aromatic carbocycles. The van der Waals surface area contributed by atoms with Gasteiger partial charge in [-0.25, -0.2) is 0 Å². The summed E-state index contributed by atoms with van der Waals surface area (Å²) in [7, 11) is 0. The molecule has 0 spiro atoms. The molecule has 0 aliphatic carbocycles. The number of carbonyl (C=O) groups excluding carboxylic acids is 1. The van der Waals surface area contributed by atoms with Crippen molar-refractivity contribution >= 4 is 5.78 Å². The molecule has 0 aliphatic heterocycles. The minimum atomic E-state index is -0.300. The molecule has 0 bridgehead atoms. The lowest BCUT2D eigenvalue weighted by Crippen LogP contribution is -2.17. The van der Waals surface area contributed by atoms with Gasteiger partial charge >= 0.3 is 0 Å². The van der Waals surface area contributed by atoms with Crippen LogP contribution in [0.1, 0.15) is 42.2 Å². The average Bonchev–Trinajstić information content (AvgIpc) is 2.48. The molecule has 2 N–H and O–H groups in total. The molecule has 0 saturated heterocycles. The van der Waals surface area contributed by atoms with Crippen molar-refractivity contribution in [2.75, 3.05) is 0 Å². The predicted octanol–water partition coefficient (Wildman–Crippen LogP) is 3.75. The van der Waals surface area contributed by atoms with Crippen molar-refractivity contribution in [3.63, 3.8) is 0 Å². The van der Waals surface area contributed by atoms with E-state index in [4.69, 9.17) is 10.5 Å². The molecule has 0 saturated carbocycles. The molecule has 2 rings (SSSR count). The van der Waals surface area contributed by atoms with Gasteiger partial charge in [0.25, 0.3) is 0 Å². The second-order valence-electron chi connectivity index (χ2n) is 5.31. The predicted molar refractivity (Wildman–Crippen MR) is 84.5 cm³/mol. The van der Waals surface area contributed by atoms with Gasteiger partial charge in [-0.05, 0) is 31.5 Å². The van der Waals surface area contributed by atoms with Crippen LogP contribution in [0.15, 0.2) is 54.6 Å². The molecule has 0 amide bonds. The number of Topliss-reactive ketones (excluding diaryl/α,β-unsaturated/α-hetero) is 1. The number of rotatable bonds is 6. The Bertz CT molecular complexity index is 593. The van der Waals surface area contributed by atoms with Crippen LogP contribution in [0.2, 0.25) is 0 Å². The second kappa shape index (κ2) is 7.04. The number of hydrogen-bond acceptors (Lipinski definition) is 3. The van der Waals surface area contributed by atoms with E-state index in [1.807, 2.05) is 62.4 Å². The number of ketones is 1. The zero-order valence-electron chi connectivity index (χ0n) is 12.5. The number of benzene rings is 2. The van der Waals surface area contributed by atoms with Crippen molar-refractivity contribution in [1.82, 2.24) is 0 Å². The van der Waals surface area contributed by atoms with Crippen LogP contribution in [-0.2, 0) is 0 Å². The lowest BCUT2D eigenvalue weighted by Gasteiger charge is -2.15. The largest absolute Gasteiger partial charge is 0.490 e. The number of ether oxygens (including phenoxy) is 1. The minimum absolute atomic E-state index is 0.00241. The van der Waals surface area contributed by atoms with E-state index in [0.29, 0.717) is 11.3 Å². The summed E-state index contributed by atoms with van der Waals surface area (Å²) in [6.45, 7) is 3.88. The monoisotopic (exact) mass is 283 g/mol. The molecule has 1 unspecified atom stereocenters. The zero-order chi connectivity index (χ0) is 15.2. The quantitative estimate of drug-likeness (QED) is 0.821. The summed E-state index contributed by atoms with van der Waals surface area (Å²) in [6, 6.07) is 16.7. The highest BCUT2D eigenvalue weighted by molar-refractivity contribution is 5.99. The first-order valence-electron chi connectivity index (χ1n) is 7.17. The van der Waals surface area contributed by atoms with Crippen LogP contribution in [0.5, 0.6) is 5.75 Å². The molecular weight excluding hydrogens is 262 g/mol. The van der Waals surface area contributed by atoms with Gasteiger partial charge in [-0.1, -0.05) is 42.5 Å². The van der Waals surface area contributed by atoms with Gasteiger partial charge in [0.2, 0.25) is 0 Å². The van der Waals surface area contributed by atoms with E-state index in [1.165, 1.54) is 0 Å². The van der Waals surface area contributed by atoms with Crippen molar-refractivity contribution in [2.45, 2.75) is 32.4 Å².